The lowest BCUT2D eigenvalue weighted by molar-refractivity contribution is -0.394. The third kappa shape index (κ3) is 7.43. The van der Waals surface area contributed by atoms with Crippen molar-refractivity contribution in [3.63, 3.8) is 0 Å². The van der Waals surface area contributed by atoms with Crippen molar-refractivity contribution in [2.45, 2.75) is 6.92 Å². The Morgan fingerprint density at radius 3 is 2.31 bits per heavy atom. The van der Waals surface area contributed by atoms with E-state index in [0.717, 1.165) is 18.2 Å². The number of ether oxygens (including phenoxy) is 3. The number of hydrogen-bond donors (Lipinski definition) is 1. The topological polar surface area (TPSA) is 155 Å². The molecule has 0 atom stereocenters. The smallest absolute Gasteiger partial charge is 0.318 e. The van der Waals surface area contributed by atoms with Crippen molar-refractivity contribution in [3.05, 3.63) is 103 Å². The van der Waals surface area contributed by atoms with E-state index in [1.54, 1.807) is 25.1 Å². The highest BCUT2D eigenvalue weighted by molar-refractivity contribution is 6.37. The second kappa shape index (κ2) is 13.2. The van der Waals surface area contributed by atoms with Crippen LogP contribution in [0, 0.1) is 20.2 Å². The Hall–Kier alpha value is -4.68. The molecule has 0 aliphatic rings. The molecule has 0 radical (unpaired) electrons. The number of nitrogens with zero attached hydrogens (tertiary/aromatic N) is 3. The first-order valence-electron chi connectivity index (χ1n) is 11.1. The molecule has 0 aliphatic heterocycles. The normalized spacial score (nSPS) is 10.6. The van der Waals surface area contributed by atoms with Gasteiger partial charge in [0.15, 0.2) is 17.2 Å². The first-order chi connectivity index (χ1) is 18.6. The molecule has 0 saturated carbocycles. The summed E-state index contributed by atoms with van der Waals surface area (Å²) < 4.78 is 16.6. The third-order valence-electron chi connectivity index (χ3n) is 4.82. The first-order valence-corrected chi connectivity index (χ1v) is 11.8. The standard InChI is InChI=1S/C25H20Cl2N4O8/c1-3-9-38-22-7-5-16(12-23(22)37-4-2)25(32)29-28-14-15-10-18(26)24(19(27)11-15)39-21-8-6-17(30(33)34)13-20(21)31(35)36/h3,5-8,10-14H,1,4,9H2,2H3,(H,29,32)/b28-14+. The van der Waals surface area contributed by atoms with E-state index < -0.39 is 27.1 Å². The van der Waals surface area contributed by atoms with Gasteiger partial charge in [0.2, 0.25) is 5.75 Å². The number of benzene rings is 3. The summed E-state index contributed by atoms with van der Waals surface area (Å²) in [6, 6.07) is 10.3. The molecular formula is C25H20Cl2N4O8. The maximum Gasteiger partial charge on any atom is 0.318 e. The van der Waals surface area contributed by atoms with Crippen LogP contribution in [0.15, 0.2) is 66.3 Å². The van der Waals surface area contributed by atoms with E-state index in [1.165, 1.54) is 24.4 Å². The highest BCUT2D eigenvalue weighted by atomic mass is 35.5. The van der Waals surface area contributed by atoms with Gasteiger partial charge in [-0.15, -0.1) is 0 Å². The lowest BCUT2D eigenvalue weighted by Gasteiger charge is -2.12. The molecule has 3 rings (SSSR count). The Kier molecular flexibility index (Phi) is 9.79. The van der Waals surface area contributed by atoms with Crippen LogP contribution in [0.1, 0.15) is 22.8 Å². The number of carbonyl (C=O) groups excluding carboxylic acids is 1. The zero-order chi connectivity index (χ0) is 28.5. The summed E-state index contributed by atoms with van der Waals surface area (Å²) in [4.78, 5) is 33.3. The first kappa shape index (κ1) is 28.9. The molecule has 0 unspecified atom stereocenters. The third-order valence-corrected chi connectivity index (χ3v) is 5.39. The van der Waals surface area contributed by atoms with Gasteiger partial charge >= 0.3 is 5.69 Å². The molecule has 1 N–H and O–H groups in total. The number of carbonyl (C=O) groups is 1. The molecule has 0 aliphatic carbocycles. The van der Waals surface area contributed by atoms with Crippen LogP contribution in [0.2, 0.25) is 10.0 Å². The van der Waals surface area contributed by atoms with Gasteiger partial charge in [0, 0.05) is 11.6 Å². The highest BCUT2D eigenvalue weighted by Crippen LogP contribution is 2.41. The quantitative estimate of drug-likeness (QED) is 0.114. The number of nitro benzene ring substituents is 2. The van der Waals surface area contributed by atoms with Crippen LogP contribution in [-0.4, -0.2) is 35.2 Å². The number of hydrogen-bond acceptors (Lipinski definition) is 9. The summed E-state index contributed by atoms with van der Waals surface area (Å²) in [6.45, 7) is 6.03. The van der Waals surface area contributed by atoms with E-state index in [4.69, 9.17) is 37.4 Å². The summed E-state index contributed by atoms with van der Waals surface area (Å²) in [5.74, 6) is -0.0833. The molecule has 0 spiro atoms. The second-order valence-electron chi connectivity index (χ2n) is 7.48. The van der Waals surface area contributed by atoms with Gasteiger partial charge in [-0.05, 0) is 48.9 Å². The predicted octanol–water partition coefficient (Wildman–Crippen LogP) is 6.33. The minimum absolute atomic E-state index is 0.0283. The van der Waals surface area contributed by atoms with Crippen LogP contribution in [0.4, 0.5) is 11.4 Å². The number of halogens is 2. The molecule has 0 fully saturated rings. The van der Waals surface area contributed by atoms with E-state index in [1.807, 2.05) is 0 Å². The van der Waals surface area contributed by atoms with Gasteiger partial charge in [-0.1, -0.05) is 35.9 Å². The summed E-state index contributed by atoms with van der Waals surface area (Å²) in [5, 5.41) is 26.1. The zero-order valence-electron chi connectivity index (χ0n) is 20.3. The summed E-state index contributed by atoms with van der Waals surface area (Å²) in [7, 11) is 0. The number of non-ortho nitro benzene ring substituents is 1. The van der Waals surface area contributed by atoms with Crippen LogP contribution in [0.25, 0.3) is 0 Å². The van der Waals surface area contributed by atoms with Gasteiger partial charge in [-0.25, -0.2) is 5.43 Å². The Morgan fingerprint density at radius 2 is 1.69 bits per heavy atom. The molecule has 3 aromatic carbocycles. The molecule has 3 aromatic rings. The number of nitro groups is 2. The van der Waals surface area contributed by atoms with Crippen molar-refractivity contribution in [1.82, 2.24) is 5.43 Å². The lowest BCUT2D eigenvalue weighted by Crippen LogP contribution is -2.17. The molecule has 0 saturated heterocycles. The average molecular weight is 575 g/mol. The van der Waals surface area contributed by atoms with Gasteiger partial charge in [0.25, 0.3) is 11.6 Å². The molecule has 12 nitrogen and oxygen atoms in total. The number of nitrogens with one attached hydrogen (secondary N) is 1. The van der Waals surface area contributed by atoms with E-state index >= 15 is 0 Å². The molecule has 39 heavy (non-hydrogen) atoms. The number of rotatable bonds is 12. The average Bonchev–Trinajstić information content (AvgIpc) is 2.90. The summed E-state index contributed by atoms with van der Waals surface area (Å²) in [5.41, 5.74) is 1.90. The van der Waals surface area contributed by atoms with Gasteiger partial charge in [0.1, 0.15) is 6.61 Å². The predicted molar refractivity (Wildman–Crippen MR) is 145 cm³/mol. The van der Waals surface area contributed by atoms with Crippen molar-refractivity contribution in [3.8, 4) is 23.0 Å². The minimum Gasteiger partial charge on any atom is -0.490 e. The molecule has 202 valence electrons. The summed E-state index contributed by atoms with van der Waals surface area (Å²) in [6.07, 6.45) is 2.86. The zero-order valence-corrected chi connectivity index (χ0v) is 21.8. The Balaban J connectivity index is 1.75. The molecule has 1 amide bonds. The molecule has 0 aromatic heterocycles. The maximum atomic E-state index is 12.6. The van der Waals surface area contributed by atoms with Crippen LogP contribution in [0.5, 0.6) is 23.0 Å². The van der Waals surface area contributed by atoms with Crippen molar-refractivity contribution in [2.24, 2.45) is 5.10 Å². The Morgan fingerprint density at radius 1 is 1.00 bits per heavy atom. The summed E-state index contributed by atoms with van der Waals surface area (Å²) >= 11 is 12.5. The Labute approximate surface area is 231 Å². The Bertz CT molecular complexity index is 1440. The van der Waals surface area contributed by atoms with E-state index in [9.17, 15) is 25.0 Å². The van der Waals surface area contributed by atoms with E-state index in [0.29, 0.717) is 23.7 Å². The number of amides is 1. The SMILES string of the molecule is C=CCOc1ccc(C(=O)N/N=C/c2cc(Cl)c(Oc3ccc([N+](=O)[O-])cc3[N+](=O)[O-])c(Cl)c2)cc1OCC. The van der Waals surface area contributed by atoms with Crippen molar-refractivity contribution in [2.75, 3.05) is 13.2 Å². The van der Waals surface area contributed by atoms with Gasteiger partial charge in [-0.3, -0.25) is 25.0 Å². The highest BCUT2D eigenvalue weighted by Gasteiger charge is 2.23. The fourth-order valence-electron chi connectivity index (χ4n) is 3.13. The molecular weight excluding hydrogens is 555 g/mol. The van der Waals surface area contributed by atoms with Crippen LogP contribution < -0.4 is 19.6 Å². The fraction of sp³-hybridized carbons (Fsp3) is 0.120. The maximum absolute atomic E-state index is 12.6. The van der Waals surface area contributed by atoms with Crippen LogP contribution in [0.3, 0.4) is 0 Å². The van der Waals surface area contributed by atoms with Gasteiger partial charge in [-0.2, -0.15) is 5.10 Å². The van der Waals surface area contributed by atoms with Crippen molar-refractivity contribution < 1.29 is 28.9 Å². The van der Waals surface area contributed by atoms with Crippen LogP contribution in [-0.2, 0) is 0 Å². The van der Waals surface area contributed by atoms with E-state index in [2.05, 4.69) is 17.1 Å². The van der Waals surface area contributed by atoms with Crippen LogP contribution >= 0.6 is 23.2 Å². The fourth-order valence-corrected chi connectivity index (χ4v) is 3.71. The van der Waals surface area contributed by atoms with Gasteiger partial charge < -0.3 is 14.2 Å². The monoisotopic (exact) mass is 574 g/mol. The largest absolute Gasteiger partial charge is 0.490 e. The molecule has 0 heterocycles. The lowest BCUT2D eigenvalue weighted by atomic mass is 10.2. The minimum atomic E-state index is -0.826. The second-order valence-corrected chi connectivity index (χ2v) is 8.29. The van der Waals surface area contributed by atoms with Crippen molar-refractivity contribution in [1.29, 1.82) is 0 Å². The molecule has 14 heteroatoms. The van der Waals surface area contributed by atoms with E-state index in [-0.39, 0.29) is 33.7 Å². The molecule has 0 bridgehead atoms. The van der Waals surface area contributed by atoms with Crippen molar-refractivity contribution >= 4 is 46.7 Å². The van der Waals surface area contributed by atoms with Gasteiger partial charge in [0.05, 0.1) is 38.8 Å². The number of hydrazone groups is 1.